The molecule has 9 heteroatoms. The van der Waals surface area contributed by atoms with Crippen molar-refractivity contribution in [1.82, 2.24) is 25.4 Å². The quantitative estimate of drug-likeness (QED) is 0.191. The number of aromatic nitrogens is 3. The standard InChI is InChI=1S/C23H36N6OS.HI/c1-17-10-11-19(21(14-17)30-20-8-5-6-9-20)15-25-23(24-12-7-13-31-4)26-16-22-28-27-18(2)29(22)3;/h10-11,14,20H,5-9,12-13,15-16H2,1-4H3,(H2,24,25,26);1H. The van der Waals surface area contributed by atoms with E-state index in [0.29, 0.717) is 19.2 Å². The van der Waals surface area contributed by atoms with Crippen molar-refractivity contribution in [3.05, 3.63) is 41.0 Å². The van der Waals surface area contributed by atoms with Crippen molar-refractivity contribution < 1.29 is 4.74 Å². The molecule has 1 fully saturated rings. The minimum absolute atomic E-state index is 0. The van der Waals surface area contributed by atoms with E-state index in [9.17, 15) is 0 Å². The molecule has 1 aromatic carbocycles. The average molecular weight is 573 g/mol. The highest BCUT2D eigenvalue weighted by Gasteiger charge is 2.18. The summed E-state index contributed by atoms with van der Waals surface area (Å²) in [5, 5.41) is 15.2. The second-order valence-corrected chi connectivity index (χ2v) is 9.14. The number of nitrogens with zero attached hydrogens (tertiary/aromatic N) is 4. The zero-order valence-corrected chi connectivity index (χ0v) is 22.8. The van der Waals surface area contributed by atoms with Gasteiger partial charge in [0.25, 0.3) is 0 Å². The maximum absolute atomic E-state index is 6.35. The number of hydrogen-bond donors (Lipinski definition) is 2. The lowest BCUT2D eigenvalue weighted by Crippen LogP contribution is -2.38. The maximum atomic E-state index is 6.35. The van der Waals surface area contributed by atoms with Crippen molar-refractivity contribution in [2.24, 2.45) is 12.0 Å². The average Bonchev–Trinajstić information content (AvgIpc) is 3.38. The van der Waals surface area contributed by atoms with Crippen LogP contribution in [0.15, 0.2) is 23.2 Å². The van der Waals surface area contributed by atoms with Crippen LogP contribution in [0.1, 0.15) is 54.9 Å². The fraction of sp³-hybridized carbons (Fsp3) is 0.609. The molecule has 1 aromatic heterocycles. The van der Waals surface area contributed by atoms with Crippen LogP contribution in [0.5, 0.6) is 5.75 Å². The first kappa shape index (κ1) is 26.8. The molecule has 3 rings (SSSR count). The van der Waals surface area contributed by atoms with Gasteiger partial charge in [-0.15, -0.1) is 34.2 Å². The SMILES string of the molecule is CSCCCNC(=NCc1ccc(C)cc1OC1CCCC1)NCc1nnc(C)n1C.I. The first-order chi connectivity index (χ1) is 15.1. The van der Waals surface area contributed by atoms with Crippen molar-refractivity contribution in [2.45, 2.75) is 65.1 Å². The van der Waals surface area contributed by atoms with Gasteiger partial charge in [0, 0.05) is 19.2 Å². The highest BCUT2D eigenvalue weighted by molar-refractivity contribution is 14.0. The minimum Gasteiger partial charge on any atom is -0.490 e. The number of rotatable bonds is 10. The zero-order chi connectivity index (χ0) is 22.1. The van der Waals surface area contributed by atoms with Crippen molar-refractivity contribution in [3.8, 4) is 5.75 Å². The van der Waals surface area contributed by atoms with Gasteiger partial charge in [-0.1, -0.05) is 12.1 Å². The fourth-order valence-electron chi connectivity index (χ4n) is 3.62. The molecule has 0 amide bonds. The smallest absolute Gasteiger partial charge is 0.191 e. The normalized spacial score (nSPS) is 14.3. The highest BCUT2D eigenvalue weighted by atomic mass is 127. The van der Waals surface area contributed by atoms with Gasteiger partial charge in [0.05, 0.1) is 19.2 Å². The summed E-state index contributed by atoms with van der Waals surface area (Å²) < 4.78 is 8.34. The molecule has 0 aliphatic heterocycles. The third-order valence-corrected chi connectivity index (χ3v) is 6.34. The van der Waals surface area contributed by atoms with Crippen LogP contribution >= 0.6 is 35.7 Å². The van der Waals surface area contributed by atoms with Gasteiger partial charge >= 0.3 is 0 Å². The molecule has 0 saturated heterocycles. The number of thioether (sulfide) groups is 1. The molecular formula is C23H37IN6OS. The molecule has 178 valence electrons. The van der Waals surface area contributed by atoms with Crippen LogP contribution in [0.4, 0.5) is 0 Å². The highest BCUT2D eigenvalue weighted by Crippen LogP contribution is 2.28. The Kier molecular flexibility index (Phi) is 11.6. The van der Waals surface area contributed by atoms with Crippen LogP contribution in [0.2, 0.25) is 0 Å². The fourth-order valence-corrected chi connectivity index (χ4v) is 4.05. The van der Waals surface area contributed by atoms with E-state index in [0.717, 1.165) is 60.5 Å². The van der Waals surface area contributed by atoms with Crippen molar-refractivity contribution in [1.29, 1.82) is 0 Å². The number of nitrogens with one attached hydrogen (secondary N) is 2. The van der Waals surface area contributed by atoms with E-state index in [-0.39, 0.29) is 24.0 Å². The zero-order valence-electron chi connectivity index (χ0n) is 19.7. The van der Waals surface area contributed by atoms with E-state index in [1.807, 2.05) is 30.3 Å². The van der Waals surface area contributed by atoms with Gasteiger partial charge in [0.15, 0.2) is 11.8 Å². The topological polar surface area (TPSA) is 76.4 Å². The lowest BCUT2D eigenvalue weighted by Gasteiger charge is -2.17. The monoisotopic (exact) mass is 572 g/mol. The van der Waals surface area contributed by atoms with Gasteiger partial charge in [-0.3, -0.25) is 0 Å². The molecule has 0 unspecified atom stereocenters. The van der Waals surface area contributed by atoms with Gasteiger partial charge in [-0.25, -0.2) is 4.99 Å². The van der Waals surface area contributed by atoms with Crippen LogP contribution in [0.25, 0.3) is 0 Å². The van der Waals surface area contributed by atoms with E-state index >= 15 is 0 Å². The van der Waals surface area contributed by atoms with Crippen LogP contribution in [0, 0.1) is 13.8 Å². The molecule has 1 heterocycles. The Morgan fingerprint density at radius 3 is 2.69 bits per heavy atom. The van der Waals surface area contributed by atoms with Crippen LogP contribution < -0.4 is 15.4 Å². The van der Waals surface area contributed by atoms with Crippen molar-refractivity contribution >= 4 is 41.7 Å². The third-order valence-electron chi connectivity index (χ3n) is 5.64. The second kappa shape index (κ2) is 13.9. The largest absolute Gasteiger partial charge is 0.490 e. The third kappa shape index (κ3) is 8.13. The molecule has 7 nitrogen and oxygen atoms in total. The Balaban J connectivity index is 0.00000363. The summed E-state index contributed by atoms with van der Waals surface area (Å²) in [4.78, 5) is 4.86. The molecule has 1 saturated carbocycles. The molecule has 1 aliphatic carbocycles. The van der Waals surface area contributed by atoms with Crippen molar-refractivity contribution in [3.63, 3.8) is 0 Å². The molecule has 32 heavy (non-hydrogen) atoms. The molecule has 0 atom stereocenters. The number of aryl methyl sites for hydroxylation is 2. The van der Waals surface area contributed by atoms with Gasteiger partial charge in [-0.05, 0) is 69.6 Å². The molecular weight excluding hydrogens is 535 g/mol. The predicted molar refractivity (Wildman–Crippen MR) is 144 cm³/mol. The Morgan fingerprint density at radius 1 is 1.22 bits per heavy atom. The molecule has 0 spiro atoms. The summed E-state index contributed by atoms with van der Waals surface area (Å²) in [6.45, 7) is 6.08. The Labute approximate surface area is 213 Å². The Bertz CT molecular complexity index is 866. The summed E-state index contributed by atoms with van der Waals surface area (Å²) in [5.41, 5.74) is 2.34. The molecule has 2 aromatic rings. The van der Waals surface area contributed by atoms with E-state index in [1.165, 1.54) is 18.4 Å². The number of aliphatic imine (C=N–C) groups is 1. The van der Waals surface area contributed by atoms with E-state index in [2.05, 4.69) is 52.2 Å². The minimum atomic E-state index is 0. The van der Waals surface area contributed by atoms with Crippen LogP contribution in [0.3, 0.4) is 0 Å². The number of ether oxygens (including phenoxy) is 1. The Morgan fingerprint density at radius 2 is 2.00 bits per heavy atom. The summed E-state index contributed by atoms with van der Waals surface area (Å²) in [6.07, 6.45) is 8.39. The lowest BCUT2D eigenvalue weighted by molar-refractivity contribution is 0.208. The number of hydrogen-bond acceptors (Lipinski definition) is 5. The van der Waals surface area contributed by atoms with E-state index < -0.39 is 0 Å². The predicted octanol–water partition coefficient (Wildman–Crippen LogP) is 4.36. The summed E-state index contributed by atoms with van der Waals surface area (Å²) in [6, 6.07) is 6.42. The summed E-state index contributed by atoms with van der Waals surface area (Å²) >= 11 is 1.86. The number of guanidine groups is 1. The lowest BCUT2D eigenvalue weighted by atomic mass is 10.1. The first-order valence-electron chi connectivity index (χ1n) is 11.2. The number of benzene rings is 1. The Hall–Kier alpha value is -1.49. The van der Waals surface area contributed by atoms with Crippen molar-refractivity contribution in [2.75, 3.05) is 18.6 Å². The summed E-state index contributed by atoms with van der Waals surface area (Å²) in [5.74, 6) is 4.67. The van der Waals surface area contributed by atoms with E-state index in [4.69, 9.17) is 9.73 Å². The molecule has 0 bridgehead atoms. The van der Waals surface area contributed by atoms with E-state index in [1.54, 1.807) is 0 Å². The second-order valence-electron chi connectivity index (χ2n) is 8.15. The summed E-state index contributed by atoms with van der Waals surface area (Å²) in [7, 11) is 1.98. The van der Waals surface area contributed by atoms with Gasteiger partial charge in [0.1, 0.15) is 11.6 Å². The molecule has 0 radical (unpaired) electrons. The molecule has 1 aliphatic rings. The number of halogens is 1. The molecule has 2 N–H and O–H groups in total. The van der Waals surface area contributed by atoms with Crippen LogP contribution in [-0.4, -0.2) is 45.4 Å². The van der Waals surface area contributed by atoms with Gasteiger partial charge in [-0.2, -0.15) is 11.8 Å². The maximum Gasteiger partial charge on any atom is 0.191 e. The van der Waals surface area contributed by atoms with Gasteiger partial charge < -0.3 is 19.9 Å². The van der Waals surface area contributed by atoms with Gasteiger partial charge in [0.2, 0.25) is 0 Å². The first-order valence-corrected chi connectivity index (χ1v) is 12.6. The van der Waals surface area contributed by atoms with Crippen LogP contribution in [-0.2, 0) is 20.1 Å².